The van der Waals surface area contributed by atoms with Crippen LogP contribution in [0.4, 0.5) is 0 Å². The quantitative estimate of drug-likeness (QED) is 0.679. The van der Waals surface area contributed by atoms with E-state index in [4.69, 9.17) is 21.3 Å². The Labute approximate surface area is 143 Å². The highest BCUT2D eigenvalue weighted by Gasteiger charge is 2.42. The van der Waals surface area contributed by atoms with Crippen LogP contribution < -0.4 is 5.32 Å². The predicted molar refractivity (Wildman–Crippen MR) is 95.2 cm³/mol. The number of rotatable bonds is 4. The van der Waals surface area contributed by atoms with Crippen molar-refractivity contribution in [3.8, 4) is 0 Å². The maximum absolute atomic E-state index is 6.22. The van der Waals surface area contributed by atoms with Crippen LogP contribution in [0.3, 0.4) is 0 Å². The summed E-state index contributed by atoms with van der Waals surface area (Å²) >= 11 is 6.22. The van der Waals surface area contributed by atoms with Crippen LogP contribution in [0.15, 0.2) is 29.3 Å². The molecule has 23 heavy (non-hydrogen) atoms. The molecule has 4 nitrogen and oxygen atoms in total. The van der Waals surface area contributed by atoms with Crippen LogP contribution in [0.2, 0.25) is 5.02 Å². The number of nitrogens with one attached hydrogen (secondary N) is 1. The molecular formula is C18H26ClN3O. The van der Waals surface area contributed by atoms with Crippen LogP contribution in [-0.2, 0) is 11.2 Å². The van der Waals surface area contributed by atoms with E-state index in [1.54, 1.807) is 0 Å². The van der Waals surface area contributed by atoms with Gasteiger partial charge in [-0.05, 0) is 37.8 Å². The van der Waals surface area contributed by atoms with Gasteiger partial charge in [0.25, 0.3) is 0 Å². The van der Waals surface area contributed by atoms with E-state index in [1.807, 2.05) is 18.2 Å². The highest BCUT2D eigenvalue weighted by molar-refractivity contribution is 6.31. The third-order valence-electron chi connectivity index (χ3n) is 4.86. The zero-order valence-corrected chi connectivity index (χ0v) is 14.6. The lowest BCUT2D eigenvalue weighted by Gasteiger charge is -2.25. The van der Waals surface area contributed by atoms with Crippen molar-refractivity contribution in [1.29, 1.82) is 0 Å². The van der Waals surface area contributed by atoms with Crippen molar-refractivity contribution in [2.45, 2.75) is 26.2 Å². The van der Waals surface area contributed by atoms with Crippen molar-refractivity contribution in [3.05, 3.63) is 34.9 Å². The number of hydrogen-bond donors (Lipinski definition) is 1. The van der Waals surface area contributed by atoms with Crippen LogP contribution >= 0.6 is 11.6 Å². The first-order valence-electron chi connectivity index (χ1n) is 8.57. The van der Waals surface area contributed by atoms with Crippen LogP contribution in [0, 0.1) is 5.41 Å². The molecule has 0 aromatic heterocycles. The first kappa shape index (κ1) is 16.6. The van der Waals surface area contributed by atoms with Gasteiger partial charge in [-0.1, -0.05) is 29.8 Å². The van der Waals surface area contributed by atoms with Crippen LogP contribution in [0.1, 0.15) is 25.3 Å². The standard InChI is InChI=1S/C18H26ClN3O/c1-2-20-17(21-10-7-15-5-3-4-6-16(15)19)22-11-8-18(13-22)9-12-23-14-18/h3-6H,2,7-14H2,1H3,(H,20,21). The van der Waals surface area contributed by atoms with Crippen molar-refractivity contribution in [3.63, 3.8) is 0 Å². The van der Waals surface area contributed by atoms with Crippen molar-refractivity contribution in [2.24, 2.45) is 10.4 Å². The number of aliphatic imine (C=N–C) groups is 1. The summed E-state index contributed by atoms with van der Waals surface area (Å²) in [4.78, 5) is 7.21. The monoisotopic (exact) mass is 335 g/mol. The fraction of sp³-hybridized carbons (Fsp3) is 0.611. The summed E-state index contributed by atoms with van der Waals surface area (Å²) < 4.78 is 5.62. The molecule has 0 aliphatic carbocycles. The van der Waals surface area contributed by atoms with Crippen molar-refractivity contribution in [2.75, 3.05) is 39.4 Å². The van der Waals surface area contributed by atoms with Crippen LogP contribution in [0.5, 0.6) is 0 Å². The largest absolute Gasteiger partial charge is 0.381 e. The van der Waals surface area contributed by atoms with Crippen molar-refractivity contribution < 1.29 is 4.74 Å². The van der Waals surface area contributed by atoms with Gasteiger partial charge in [0.05, 0.1) is 6.61 Å². The average molecular weight is 336 g/mol. The van der Waals surface area contributed by atoms with Crippen molar-refractivity contribution in [1.82, 2.24) is 10.2 Å². The summed E-state index contributed by atoms with van der Waals surface area (Å²) in [6, 6.07) is 8.01. The van der Waals surface area contributed by atoms with Gasteiger partial charge in [-0.25, -0.2) is 0 Å². The Morgan fingerprint density at radius 2 is 2.26 bits per heavy atom. The summed E-state index contributed by atoms with van der Waals surface area (Å²) in [5.74, 6) is 1.03. The fourth-order valence-corrected chi connectivity index (χ4v) is 3.73. The molecule has 126 valence electrons. The maximum Gasteiger partial charge on any atom is 0.193 e. The van der Waals surface area contributed by atoms with E-state index in [0.29, 0.717) is 5.41 Å². The second kappa shape index (κ2) is 7.54. The van der Waals surface area contributed by atoms with Gasteiger partial charge in [-0.3, -0.25) is 4.99 Å². The smallest absolute Gasteiger partial charge is 0.193 e. The molecule has 0 radical (unpaired) electrons. The van der Waals surface area contributed by atoms with Crippen LogP contribution in [-0.4, -0.2) is 50.3 Å². The molecule has 1 aromatic rings. The van der Waals surface area contributed by atoms with Crippen molar-refractivity contribution >= 4 is 17.6 Å². The Hall–Kier alpha value is -1.26. The molecule has 3 rings (SSSR count). The van der Waals surface area contributed by atoms with Gasteiger partial charge in [0.15, 0.2) is 5.96 Å². The first-order valence-corrected chi connectivity index (χ1v) is 8.95. The minimum Gasteiger partial charge on any atom is -0.381 e. The van der Waals surface area contributed by atoms with E-state index in [0.717, 1.165) is 62.4 Å². The molecule has 5 heteroatoms. The molecule has 1 spiro atoms. The van der Waals surface area contributed by atoms with E-state index in [2.05, 4.69) is 23.2 Å². The summed E-state index contributed by atoms with van der Waals surface area (Å²) in [5, 5.41) is 4.26. The van der Waals surface area contributed by atoms with Gasteiger partial charge in [0, 0.05) is 43.2 Å². The number of ether oxygens (including phenoxy) is 1. The molecule has 0 bridgehead atoms. The van der Waals surface area contributed by atoms with E-state index in [9.17, 15) is 0 Å². The van der Waals surface area contributed by atoms with E-state index < -0.39 is 0 Å². The minimum absolute atomic E-state index is 0.360. The molecule has 2 heterocycles. The lowest BCUT2D eigenvalue weighted by molar-refractivity contribution is 0.156. The normalized spacial score (nSPS) is 24.6. The number of hydrogen-bond acceptors (Lipinski definition) is 2. The molecule has 2 aliphatic rings. The van der Waals surface area contributed by atoms with Gasteiger partial charge < -0.3 is 15.0 Å². The minimum atomic E-state index is 0.360. The topological polar surface area (TPSA) is 36.9 Å². The highest BCUT2D eigenvalue weighted by Crippen LogP contribution is 2.38. The summed E-state index contributed by atoms with van der Waals surface area (Å²) in [6.07, 6.45) is 3.26. The molecule has 2 fully saturated rings. The lowest BCUT2D eigenvalue weighted by Crippen LogP contribution is -2.41. The molecule has 0 saturated carbocycles. The Balaban J connectivity index is 1.61. The first-order chi connectivity index (χ1) is 11.2. The fourth-order valence-electron chi connectivity index (χ4n) is 3.50. The highest BCUT2D eigenvalue weighted by atomic mass is 35.5. The molecule has 1 atom stereocenters. The Morgan fingerprint density at radius 3 is 3.00 bits per heavy atom. The molecule has 1 N–H and O–H groups in total. The van der Waals surface area contributed by atoms with Gasteiger partial charge in [0.1, 0.15) is 0 Å². The molecule has 1 unspecified atom stereocenters. The van der Waals surface area contributed by atoms with Gasteiger partial charge in [-0.2, -0.15) is 0 Å². The number of nitrogens with zero attached hydrogens (tertiary/aromatic N) is 2. The summed E-state index contributed by atoms with van der Waals surface area (Å²) in [7, 11) is 0. The van der Waals surface area contributed by atoms with E-state index >= 15 is 0 Å². The molecule has 2 aliphatic heterocycles. The summed E-state index contributed by atoms with van der Waals surface area (Å²) in [5.41, 5.74) is 1.52. The third-order valence-corrected chi connectivity index (χ3v) is 5.23. The lowest BCUT2D eigenvalue weighted by atomic mass is 9.87. The maximum atomic E-state index is 6.22. The Morgan fingerprint density at radius 1 is 1.39 bits per heavy atom. The zero-order chi connectivity index (χ0) is 16.1. The predicted octanol–water partition coefficient (Wildman–Crippen LogP) is 2.96. The summed E-state index contributed by atoms with van der Waals surface area (Å²) in [6.45, 7) is 7.72. The van der Waals surface area contributed by atoms with Gasteiger partial charge >= 0.3 is 0 Å². The average Bonchev–Trinajstić information content (AvgIpc) is 3.19. The number of benzene rings is 1. The third kappa shape index (κ3) is 3.99. The molecular weight excluding hydrogens is 310 g/mol. The SMILES string of the molecule is CCNC(=NCCc1ccccc1Cl)N1CCC2(CCOC2)C1. The zero-order valence-electron chi connectivity index (χ0n) is 13.9. The number of halogens is 1. The van der Waals surface area contributed by atoms with E-state index in [-0.39, 0.29) is 0 Å². The van der Waals surface area contributed by atoms with E-state index in [1.165, 1.54) is 12.8 Å². The Kier molecular flexibility index (Phi) is 5.44. The molecule has 2 saturated heterocycles. The van der Waals surface area contributed by atoms with Crippen LogP contribution in [0.25, 0.3) is 0 Å². The number of guanidine groups is 1. The van der Waals surface area contributed by atoms with Gasteiger partial charge in [0.2, 0.25) is 0 Å². The van der Waals surface area contributed by atoms with Gasteiger partial charge in [-0.15, -0.1) is 0 Å². The second-order valence-electron chi connectivity index (χ2n) is 6.55. The second-order valence-corrected chi connectivity index (χ2v) is 6.96. The number of likely N-dealkylation sites (tertiary alicyclic amines) is 1. The Bertz CT molecular complexity index is 555. The molecule has 1 aromatic carbocycles. The molecule has 0 amide bonds.